The molecule has 0 amide bonds. The van der Waals surface area contributed by atoms with E-state index in [9.17, 15) is 4.79 Å². The number of unbranched alkanes of at least 4 members (excludes halogenated alkanes) is 1. The molecule has 13 heavy (non-hydrogen) atoms. The van der Waals surface area contributed by atoms with Gasteiger partial charge in [0.25, 0.3) is 0 Å². The first-order valence-electron chi connectivity index (χ1n) is 5.00. The third kappa shape index (κ3) is 6.58. The summed E-state index contributed by atoms with van der Waals surface area (Å²) in [7, 11) is 0. The number of nitrogens with two attached hydrogens (primary N) is 1. The maximum atomic E-state index is 11.2. The molecule has 0 fully saturated rings. The topological polar surface area (TPSA) is 52.3 Å². The highest BCUT2D eigenvalue weighted by Gasteiger charge is 2.14. The highest BCUT2D eigenvalue weighted by molar-refractivity contribution is 5.75. The summed E-state index contributed by atoms with van der Waals surface area (Å²) < 4.78 is 5.00. The maximum Gasteiger partial charge on any atom is 0.322 e. The molecule has 0 heterocycles. The first-order valence-corrected chi connectivity index (χ1v) is 5.00. The average Bonchev–Trinajstić information content (AvgIpc) is 2.10. The van der Waals surface area contributed by atoms with Gasteiger partial charge in [0, 0.05) is 0 Å². The van der Waals surface area contributed by atoms with Crippen molar-refractivity contribution >= 4 is 5.97 Å². The van der Waals surface area contributed by atoms with E-state index >= 15 is 0 Å². The third-order valence-corrected chi connectivity index (χ3v) is 1.73. The maximum absolute atomic E-state index is 11.2. The van der Waals surface area contributed by atoms with Gasteiger partial charge in [-0.1, -0.05) is 33.6 Å². The zero-order valence-corrected chi connectivity index (χ0v) is 8.88. The predicted molar refractivity (Wildman–Crippen MR) is 53.3 cm³/mol. The summed E-state index contributed by atoms with van der Waals surface area (Å²) in [6.45, 7) is 6.56. The fraction of sp³-hybridized carbons (Fsp3) is 0.900. The van der Waals surface area contributed by atoms with Crippen molar-refractivity contribution in [1.29, 1.82) is 0 Å². The minimum atomic E-state index is -0.432. The molecule has 0 aliphatic heterocycles. The fourth-order valence-electron chi connectivity index (χ4n) is 0.898. The Bertz CT molecular complexity index is 146. The molecule has 3 heteroatoms. The Hall–Kier alpha value is -0.570. The van der Waals surface area contributed by atoms with Crippen LogP contribution in [0.15, 0.2) is 0 Å². The lowest BCUT2D eigenvalue weighted by atomic mass is 10.1. The second-order valence-corrected chi connectivity index (χ2v) is 3.77. The second-order valence-electron chi connectivity index (χ2n) is 3.77. The molecule has 0 bridgehead atoms. The molecule has 0 radical (unpaired) electrons. The first-order chi connectivity index (χ1) is 6.07. The van der Waals surface area contributed by atoms with Crippen LogP contribution in [0.25, 0.3) is 0 Å². The van der Waals surface area contributed by atoms with E-state index in [-0.39, 0.29) is 5.97 Å². The van der Waals surface area contributed by atoms with Crippen LogP contribution >= 0.6 is 0 Å². The van der Waals surface area contributed by atoms with Gasteiger partial charge < -0.3 is 10.5 Å². The molecule has 0 aliphatic rings. The number of hydrogen-bond donors (Lipinski definition) is 1. The molecule has 0 aliphatic carbocycles. The molecule has 0 saturated heterocycles. The Balaban J connectivity index is 3.57. The fourth-order valence-corrected chi connectivity index (χ4v) is 0.898. The Labute approximate surface area is 80.6 Å². The van der Waals surface area contributed by atoms with Crippen LogP contribution in [0.2, 0.25) is 0 Å². The van der Waals surface area contributed by atoms with Gasteiger partial charge in [-0.2, -0.15) is 0 Å². The first kappa shape index (κ1) is 12.4. The van der Waals surface area contributed by atoms with Crippen molar-refractivity contribution in [2.75, 3.05) is 6.61 Å². The summed E-state index contributed by atoms with van der Waals surface area (Å²) in [6, 6.07) is -0.432. The summed E-state index contributed by atoms with van der Waals surface area (Å²) in [5, 5.41) is 0. The minimum absolute atomic E-state index is 0.262. The molecule has 0 aromatic heterocycles. The van der Waals surface area contributed by atoms with Crippen LogP contribution < -0.4 is 5.73 Å². The molecular weight excluding hydrogens is 166 g/mol. The van der Waals surface area contributed by atoms with E-state index in [1.165, 1.54) is 0 Å². The Morgan fingerprint density at radius 2 is 2.08 bits per heavy atom. The number of carbonyl (C=O) groups is 1. The average molecular weight is 187 g/mol. The van der Waals surface area contributed by atoms with E-state index in [0.29, 0.717) is 12.5 Å². The van der Waals surface area contributed by atoms with Gasteiger partial charge in [-0.3, -0.25) is 4.79 Å². The lowest BCUT2D eigenvalue weighted by Crippen LogP contribution is -2.32. The van der Waals surface area contributed by atoms with Gasteiger partial charge in [-0.25, -0.2) is 0 Å². The number of hydrogen-bond acceptors (Lipinski definition) is 3. The lowest BCUT2D eigenvalue weighted by Gasteiger charge is -2.12. The molecule has 0 spiro atoms. The minimum Gasteiger partial charge on any atom is -0.464 e. The zero-order chi connectivity index (χ0) is 10.3. The van der Waals surface area contributed by atoms with Crippen LogP contribution in [0.1, 0.15) is 40.0 Å². The summed E-state index contributed by atoms with van der Waals surface area (Å²) in [5.41, 5.74) is 5.61. The Morgan fingerprint density at radius 1 is 1.46 bits per heavy atom. The second kappa shape index (κ2) is 6.89. The molecule has 0 aromatic rings. The standard InChI is InChI=1S/C10H21NO2/c1-4-5-6-9(11)10(12)13-7-8(2)3/h8-9H,4-7,11H2,1-3H3. The molecule has 78 valence electrons. The van der Waals surface area contributed by atoms with Crippen LogP contribution in [-0.2, 0) is 9.53 Å². The van der Waals surface area contributed by atoms with Gasteiger partial charge in [0.05, 0.1) is 6.61 Å². The Morgan fingerprint density at radius 3 is 2.54 bits per heavy atom. The van der Waals surface area contributed by atoms with Crippen LogP contribution in [0.5, 0.6) is 0 Å². The van der Waals surface area contributed by atoms with Crippen molar-refractivity contribution in [3.8, 4) is 0 Å². The van der Waals surface area contributed by atoms with Crippen molar-refractivity contribution in [1.82, 2.24) is 0 Å². The van der Waals surface area contributed by atoms with E-state index in [2.05, 4.69) is 6.92 Å². The highest BCUT2D eigenvalue weighted by Crippen LogP contribution is 2.01. The smallest absolute Gasteiger partial charge is 0.322 e. The van der Waals surface area contributed by atoms with Gasteiger partial charge in [-0.05, 0) is 12.3 Å². The number of ether oxygens (including phenoxy) is 1. The van der Waals surface area contributed by atoms with Crippen molar-refractivity contribution in [2.45, 2.75) is 46.1 Å². The van der Waals surface area contributed by atoms with Crippen molar-refractivity contribution < 1.29 is 9.53 Å². The van der Waals surface area contributed by atoms with Gasteiger partial charge in [-0.15, -0.1) is 0 Å². The number of carbonyl (C=O) groups excluding carboxylic acids is 1. The van der Waals surface area contributed by atoms with E-state index < -0.39 is 6.04 Å². The number of esters is 1. The van der Waals surface area contributed by atoms with Crippen LogP contribution in [-0.4, -0.2) is 18.6 Å². The predicted octanol–water partition coefficient (Wildman–Crippen LogP) is 1.70. The van der Waals surface area contributed by atoms with Crippen molar-refractivity contribution in [3.63, 3.8) is 0 Å². The van der Waals surface area contributed by atoms with Crippen molar-refractivity contribution in [2.24, 2.45) is 11.7 Å². The van der Waals surface area contributed by atoms with Crippen LogP contribution in [0.4, 0.5) is 0 Å². The lowest BCUT2D eigenvalue weighted by molar-refractivity contribution is -0.146. The summed E-state index contributed by atoms with van der Waals surface area (Å²) >= 11 is 0. The van der Waals surface area contributed by atoms with E-state index in [1.54, 1.807) is 0 Å². The monoisotopic (exact) mass is 187 g/mol. The van der Waals surface area contributed by atoms with Gasteiger partial charge in [0.15, 0.2) is 0 Å². The molecule has 0 rings (SSSR count). The van der Waals surface area contributed by atoms with E-state index in [1.807, 2.05) is 13.8 Å². The van der Waals surface area contributed by atoms with Crippen molar-refractivity contribution in [3.05, 3.63) is 0 Å². The normalized spacial score (nSPS) is 13.0. The largest absolute Gasteiger partial charge is 0.464 e. The van der Waals surface area contributed by atoms with Gasteiger partial charge in [0.1, 0.15) is 6.04 Å². The summed E-state index contributed by atoms with van der Waals surface area (Å²) in [5.74, 6) is 0.115. The molecule has 1 atom stereocenters. The zero-order valence-electron chi connectivity index (χ0n) is 8.88. The van der Waals surface area contributed by atoms with Gasteiger partial charge >= 0.3 is 5.97 Å². The molecule has 1 unspecified atom stereocenters. The molecule has 3 nitrogen and oxygen atoms in total. The number of rotatable bonds is 6. The molecule has 0 aromatic carbocycles. The van der Waals surface area contributed by atoms with Crippen LogP contribution in [0, 0.1) is 5.92 Å². The molecule has 0 saturated carbocycles. The SMILES string of the molecule is CCCCC(N)C(=O)OCC(C)C. The van der Waals surface area contributed by atoms with E-state index in [4.69, 9.17) is 10.5 Å². The third-order valence-electron chi connectivity index (χ3n) is 1.73. The quantitative estimate of drug-likeness (QED) is 0.644. The van der Waals surface area contributed by atoms with E-state index in [0.717, 1.165) is 19.3 Å². The molecule has 2 N–H and O–H groups in total. The summed E-state index contributed by atoms with van der Waals surface area (Å²) in [4.78, 5) is 11.2. The van der Waals surface area contributed by atoms with Gasteiger partial charge in [0.2, 0.25) is 0 Å². The Kier molecular flexibility index (Phi) is 6.59. The van der Waals surface area contributed by atoms with Crippen LogP contribution in [0.3, 0.4) is 0 Å². The highest BCUT2D eigenvalue weighted by atomic mass is 16.5. The molecular formula is C10H21NO2. The summed E-state index contributed by atoms with van der Waals surface area (Å²) in [6.07, 6.45) is 2.77.